The van der Waals surface area contributed by atoms with E-state index in [1.807, 2.05) is 0 Å². The lowest BCUT2D eigenvalue weighted by atomic mass is 10.2. The van der Waals surface area contributed by atoms with Crippen molar-refractivity contribution < 1.29 is 9.84 Å². The molecular formula is C14H24BrNO2S. The van der Waals surface area contributed by atoms with Gasteiger partial charge in [-0.15, -0.1) is 11.3 Å². The summed E-state index contributed by atoms with van der Waals surface area (Å²) < 4.78 is 6.57. The maximum absolute atomic E-state index is 9.74. The molecule has 0 aromatic carbocycles. The third-order valence-corrected chi connectivity index (χ3v) is 4.45. The normalized spacial score (nSPS) is 12.8. The first-order valence-electron chi connectivity index (χ1n) is 6.91. The van der Waals surface area contributed by atoms with Crippen molar-refractivity contribution >= 4 is 27.3 Å². The molecule has 1 rings (SSSR count). The molecule has 1 atom stereocenters. The van der Waals surface area contributed by atoms with Crippen LogP contribution in [-0.4, -0.2) is 31.0 Å². The number of unbranched alkanes of at least 4 members (excludes halogenated alkanes) is 3. The highest BCUT2D eigenvalue weighted by atomic mass is 79.9. The zero-order valence-electron chi connectivity index (χ0n) is 11.5. The molecule has 110 valence electrons. The third-order valence-electron chi connectivity index (χ3n) is 2.75. The Morgan fingerprint density at radius 3 is 2.95 bits per heavy atom. The number of rotatable bonds is 11. The monoisotopic (exact) mass is 349 g/mol. The van der Waals surface area contributed by atoms with Crippen molar-refractivity contribution in [1.29, 1.82) is 0 Å². The maximum Gasteiger partial charge on any atom is 0.0897 e. The molecule has 0 saturated heterocycles. The summed E-state index contributed by atoms with van der Waals surface area (Å²) >= 11 is 5.13. The van der Waals surface area contributed by atoms with E-state index in [4.69, 9.17) is 4.74 Å². The summed E-state index contributed by atoms with van der Waals surface area (Å²) in [5.74, 6) is 0. The number of hydrogen-bond acceptors (Lipinski definition) is 4. The average molecular weight is 350 g/mol. The van der Waals surface area contributed by atoms with Crippen molar-refractivity contribution in [2.45, 2.75) is 45.3 Å². The SMILES string of the molecule is CCCCCCOCC(O)CNCc1cc(Br)cs1. The number of aliphatic hydroxyl groups is 1. The smallest absolute Gasteiger partial charge is 0.0897 e. The van der Waals surface area contributed by atoms with Crippen LogP contribution in [0, 0.1) is 0 Å². The Hall–Kier alpha value is 0.0600. The van der Waals surface area contributed by atoms with Crippen LogP contribution < -0.4 is 5.32 Å². The first-order chi connectivity index (χ1) is 9.22. The highest BCUT2D eigenvalue weighted by Crippen LogP contribution is 2.19. The van der Waals surface area contributed by atoms with Crippen molar-refractivity contribution in [2.24, 2.45) is 0 Å². The molecule has 5 heteroatoms. The molecule has 0 aliphatic heterocycles. The summed E-state index contributed by atoms with van der Waals surface area (Å²) in [5.41, 5.74) is 0. The molecule has 1 aromatic heterocycles. The van der Waals surface area contributed by atoms with E-state index in [9.17, 15) is 5.11 Å². The topological polar surface area (TPSA) is 41.5 Å². The van der Waals surface area contributed by atoms with E-state index in [2.05, 4.69) is 39.6 Å². The molecule has 0 radical (unpaired) electrons. The third kappa shape index (κ3) is 8.76. The standard InChI is InChI=1S/C14H24BrNO2S/c1-2-3-4-5-6-18-10-13(17)8-16-9-14-7-12(15)11-19-14/h7,11,13,16-17H,2-6,8-10H2,1H3. The minimum Gasteiger partial charge on any atom is -0.389 e. The van der Waals surface area contributed by atoms with Crippen LogP contribution in [0.15, 0.2) is 15.9 Å². The Morgan fingerprint density at radius 2 is 2.26 bits per heavy atom. The summed E-state index contributed by atoms with van der Waals surface area (Å²) in [6.45, 7) is 4.75. The van der Waals surface area contributed by atoms with E-state index in [0.717, 1.165) is 24.0 Å². The van der Waals surface area contributed by atoms with Gasteiger partial charge in [-0.05, 0) is 28.4 Å². The van der Waals surface area contributed by atoms with E-state index in [1.165, 1.54) is 24.1 Å². The van der Waals surface area contributed by atoms with Crippen LogP contribution in [0.5, 0.6) is 0 Å². The molecular weight excluding hydrogens is 326 g/mol. The van der Waals surface area contributed by atoms with Gasteiger partial charge in [-0.25, -0.2) is 0 Å². The summed E-state index contributed by atoms with van der Waals surface area (Å²) in [6.07, 6.45) is 4.40. The number of hydrogen-bond donors (Lipinski definition) is 2. The Kier molecular flexibility index (Phi) is 9.73. The lowest BCUT2D eigenvalue weighted by Crippen LogP contribution is -2.30. The van der Waals surface area contributed by atoms with E-state index < -0.39 is 6.10 Å². The second kappa shape index (κ2) is 10.8. The first kappa shape index (κ1) is 17.1. The minimum atomic E-state index is -0.422. The molecule has 3 nitrogen and oxygen atoms in total. The Balaban J connectivity index is 1.94. The van der Waals surface area contributed by atoms with Crippen molar-refractivity contribution in [2.75, 3.05) is 19.8 Å². The molecule has 1 aromatic rings. The Morgan fingerprint density at radius 1 is 1.42 bits per heavy atom. The average Bonchev–Trinajstić information content (AvgIpc) is 2.79. The zero-order valence-corrected chi connectivity index (χ0v) is 13.9. The second-order valence-electron chi connectivity index (χ2n) is 4.65. The summed E-state index contributed by atoms with van der Waals surface area (Å²) in [7, 11) is 0. The fourth-order valence-electron chi connectivity index (χ4n) is 1.72. The van der Waals surface area contributed by atoms with Crippen molar-refractivity contribution in [3.63, 3.8) is 0 Å². The fraction of sp³-hybridized carbons (Fsp3) is 0.714. The van der Waals surface area contributed by atoms with Crippen LogP contribution in [0.4, 0.5) is 0 Å². The first-order valence-corrected chi connectivity index (χ1v) is 8.59. The molecule has 0 fully saturated rings. The highest BCUT2D eigenvalue weighted by Gasteiger charge is 2.04. The van der Waals surface area contributed by atoms with Crippen molar-refractivity contribution in [3.05, 3.63) is 20.8 Å². The van der Waals surface area contributed by atoms with Gasteiger partial charge in [0.15, 0.2) is 0 Å². The van der Waals surface area contributed by atoms with Crippen molar-refractivity contribution in [3.8, 4) is 0 Å². The van der Waals surface area contributed by atoms with E-state index in [-0.39, 0.29) is 0 Å². The van der Waals surface area contributed by atoms with Gasteiger partial charge in [0.25, 0.3) is 0 Å². The summed E-state index contributed by atoms with van der Waals surface area (Å²) in [5, 5.41) is 15.0. The van der Waals surface area contributed by atoms with Gasteiger partial charge in [0, 0.05) is 34.4 Å². The van der Waals surface area contributed by atoms with Gasteiger partial charge in [0.1, 0.15) is 0 Å². The quantitative estimate of drug-likeness (QED) is 0.600. The summed E-state index contributed by atoms with van der Waals surface area (Å²) in [6, 6.07) is 2.09. The Bertz CT molecular complexity index is 333. The predicted molar refractivity (Wildman–Crippen MR) is 84.7 cm³/mol. The van der Waals surface area contributed by atoms with Crippen LogP contribution >= 0.6 is 27.3 Å². The van der Waals surface area contributed by atoms with Crippen LogP contribution in [0.2, 0.25) is 0 Å². The number of ether oxygens (including phenoxy) is 1. The lowest BCUT2D eigenvalue weighted by molar-refractivity contribution is 0.0353. The molecule has 19 heavy (non-hydrogen) atoms. The maximum atomic E-state index is 9.74. The molecule has 1 heterocycles. The summed E-state index contributed by atoms with van der Waals surface area (Å²) in [4.78, 5) is 1.26. The number of nitrogens with one attached hydrogen (secondary N) is 1. The van der Waals surface area contributed by atoms with Crippen LogP contribution in [0.1, 0.15) is 37.5 Å². The zero-order chi connectivity index (χ0) is 13.9. The van der Waals surface area contributed by atoms with Crippen LogP contribution in [0.3, 0.4) is 0 Å². The van der Waals surface area contributed by atoms with E-state index >= 15 is 0 Å². The highest BCUT2D eigenvalue weighted by molar-refractivity contribution is 9.10. The molecule has 1 unspecified atom stereocenters. The van der Waals surface area contributed by atoms with Crippen LogP contribution in [0.25, 0.3) is 0 Å². The molecule has 0 saturated carbocycles. The second-order valence-corrected chi connectivity index (χ2v) is 6.56. The van der Waals surface area contributed by atoms with Crippen LogP contribution in [-0.2, 0) is 11.3 Å². The molecule has 0 spiro atoms. The minimum absolute atomic E-state index is 0.422. The van der Waals surface area contributed by atoms with Gasteiger partial charge in [-0.2, -0.15) is 0 Å². The molecule has 2 N–H and O–H groups in total. The number of aliphatic hydroxyl groups excluding tert-OH is 1. The van der Waals surface area contributed by atoms with E-state index in [0.29, 0.717) is 13.2 Å². The van der Waals surface area contributed by atoms with Gasteiger partial charge in [0.2, 0.25) is 0 Å². The Labute approximate surface area is 128 Å². The molecule has 0 amide bonds. The van der Waals surface area contributed by atoms with Gasteiger partial charge in [-0.3, -0.25) is 0 Å². The van der Waals surface area contributed by atoms with Crippen molar-refractivity contribution in [1.82, 2.24) is 5.32 Å². The predicted octanol–water partition coefficient (Wildman–Crippen LogP) is 3.56. The molecule has 0 bridgehead atoms. The van der Waals surface area contributed by atoms with Gasteiger partial charge in [-0.1, -0.05) is 26.2 Å². The number of halogens is 1. The largest absolute Gasteiger partial charge is 0.389 e. The van der Waals surface area contributed by atoms with Gasteiger partial charge < -0.3 is 15.2 Å². The number of thiophene rings is 1. The molecule has 0 aliphatic carbocycles. The van der Waals surface area contributed by atoms with E-state index in [1.54, 1.807) is 11.3 Å². The fourth-order valence-corrected chi connectivity index (χ4v) is 3.14. The molecule has 0 aliphatic rings. The van der Waals surface area contributed by atoms with Gasteiger partial charge in [0.05, 0.1) is 12.7 Å². The lowest BCUT2D eigenvalue weighted by Gasteiger charge is -2.12. The van der Waals surface area contributed by atoms with Gasteiger partial charge >= 0.3 is 0 Å².